The summed E-state index contributed by atoms with van der Waals surface area (Å²) in [5.74, 6) is 1.16. The second-order valence-electron chi connectivity index (χ2n) is 6.07. The van der Waals surface area contributed by atoms with E-state index >= 15 is 0 Å². The number of carbonyl (C=O) groups is 1. The van der Waals surface area contributed by atoms with Crippen molar-refractivity contribution in [1.29, 1.82) is 0 Å². The highest BCUT2D eigenvalue weighted by Gasteiger charge is 2.27. The lowest BCUT2D eigenvalue weighted by Crippen LogP contribution is -2.42. The summed E-state index contributed by atoms with van der Waals surface area (Å²) in [5, 5.41) is 0. The highest BCUT2D eigenvalue weighted by Crippen LogP contribution is 2.28. The van der Waals surface area contributed by atoms with Crippen LogP contribution in [0, 0.1) is 6.92 Å². The lowest BCUT2D eigenvalue weighted by Gasteiger charge is -2.34. The van der Waals surface area contributed by atoms with Gasteiger partial charge in [-0.05, 0) is 30.2 Å². The maximum atomic E-state index is 13.0. The number of rotatable bonds is 4. The SMILES string of the molecule is COc1cc(OC)cc(C(=O)N2CCOC(c3ccccc3C)C2)c1. The van der Waals surface area contributed by atoms with Gasteiger partial charge in [0.25, 0.3) is 5.91 Å². The molecule has 0 spiro atoms. The van der Waals surface area contributed by atoms with E-state index in [2.05, 4.69) is 19.1 Å². The molecule has 5 heteroatoms. The van der Waals surface area contributed by atoms with E-state index in [-0.39, 0.29) is 12.0 Å². The van der Waals surface area contributed by atoms with Crippen molar-refractivity contribution in [1.82, 2.24) is 4.90 Å². The number of methoxy groups -OCH3 is 2. The largest absolute Gasteiger partial charge is 0.497 e. The number of benzene rings is 2. The van der Waals surface area contributed by atoms with Gasteiger partial charge in [0, 0.05) is 18.2 Å². The van der Waals surface area contributed by atoms with Crippen molar-refractivity contribution in [2.75, 3.05) is 33.9 Å². The molecule has 1 fully saturated rings. The Labute approximate surface area is 148 Å². The van der Waals surface area contributed by atoms with Gasteiger partial charge in [0.15, 0.2) is 0 Å². The predicted octanol–water partition coefficient (Wildman–Crippen LogP) is 3.23. The first-order valence-electron chi connectivity index (χ1n) is 8.32. The number of aryl methyl sites for hydroxylation is 1. The lowest BCUT2D eigenvalue weighted by atomic mass is 10.0. The van der Waals surface area contributed by atoms with Crippen molar-refractivity contribution in [3.8, 4) is 11.5 Å². The fraction of sp³-hybridized carbons (Fsp3) is 0.350. The van der Waals surface area contributed by atoms with Gasteiger partial charge in [-0.25, -0.2) is 0 Å². The minimum atomic E-state index is -0.105. The molecule has 3 rings (SSSR count). The van der Waals surface area contributed by atoms with Crippen LogP contribution in [0.25, 0.3) is 0 Å². The van der Waals surface area contributed by atoms with E-state index in [1.807, 2.05) is 17.0 Å². The smallest absolute Gasteiger partial charge is 0.254 e. The number of hydrogen-bond donors (Lipinski definition) is 0. The van der Waals surface area contributed by atoms with E-state index in [0.29, 0.717) is 36.8 Å². The highest BCUT2D eigenvalue weighted by atomic mass is 16.5. The zero-order valence-corrected chi connectivity index (χ0v) is 14.8. The molecule has 0 aromatic heterocycles. The van der Waals surface area contributed by atoms with Crippen LogP contribution in [0.1, 0.15) is 27.6 Å². The second-order valence-corrected chi connectivity index (χ2v) is 6.07. The van der Waals surface area contributed by atoms with Crippen molar-refractivity contribution in [2.45, 2.75) is 13.0 Å². The Bertz CT molecular complexity index is 737. The maximum Gasteiger partial charge on any atom is 0.254 e. The summed E-state index contributed by atoms with van der Waals surface area (Å²) in [6.07, 6.45) is -0.105. The Hall–Kier alpha value is -2.53. The summed E-state index contributed by atoms with van der Waals surface area (Å²) in [4.78, 5) is 14.8. The molecular weight excluding hydrogens is 318 g/mol. The van der Waals surface area contributed by atoms with Crippen LogP contribution in [0.3, 0.4) is 0 Å². The normalized spacial score (nSPS) is 17.2. The average molecular weight is 341 g/mol. The Morgan fingerprint density at radius 2 is 1.80 bits per heavy atom. The van der Waals surface area contributed by atoms with Crippen LogP contribution >= 0.6 is 0 Å². The third-order valence-corrected chi connectivity index (χ3v) is 4.49. The lowest BCUT2D eigenvalue weighted by molar-refractivity contribution is -0.0231. The van der Waals surface area contributed by atoms with Crippen molar-refractivity contribution in [2.24, 2.45) is 0 Å². The van der Waals surface area contributed by atoms with E-state index < -0.39 is 0 Å². The van der Waals surface area contributed by atoms with Crippen LogP contribution < -0.4 is 9.47 Å². The van der Waals surface area contributed by atoms with Crippen molar-refractivity contribution >= 4 is 5.91 Å². The second kappa shape index (κ2) is 7.57. The maximum absolute atomic E-state index is 13.0. The van der Waals surface area contributed by atoms with Crippen LogP contribution in [0.5, 0.6) is 11.5 Å². The highest BCUT2D eigenvalue weighted by molar-refractivity contribution is 5.95. The minimum Gasteiger partial charge on any atom is -0.497 e. The summed E-state index contributed by atoms with van der Waals surface area (Å²) in [7, 11) is 3.15. The Kier molecular flexibility index (Phi) is 5.24. The van der Waals surface area contributed by atoms with Crippen molar-refractivity contribution < 1.29 is 19.0 Å². The number of amides is 1. The summed E-state index contributed by atoms with van der Waals surface area (Å²) in [5.41, 5.74) is 2.86. The van der Waals surface area contributed by atoms with Crippen molar-refractivity contribution in [3.05, 3.63) is 59.2 Å². The fourth-order valence-corrected chi connectivity index (χ4v) is 3.08. The molecule has 2 aromatic carbocycles. The first kappa shape index (κ1) is 17.3. The van der Waals surface area contributed by atoms with Crippen LogP contribution in [0.15, 0.2) is 42.5 Å². The molecule has 0 N–H and O–H groups in total. The summed E-state index contributed by atoms with van der Waals surface area (Å²) < 4.78 is 16.4. The van der Waals surface area contributed by atoms with Gasteiger partial charge in [-0.1, -0.05) is 24.3 Å². The molecule has 1 atom stereocenters. The fourth-order valence-electron chi connectivity index (χ4n) is 3.08. The van der Waals surface area contributed by atoms with Gasteiger partial charge in [0.1, 0.15) is 17.6 Å². The zero-order valence-electron chi connectivity index (χ0n) is 14.8. The molecule has 2 aromatic rings. The van der Waals surface area contributed by atoms with E-state index in [1.54, 1.807) is 32.4 Å². The molecule has 1 saturated heterocycles. The van der Waals surface area contributed by atoms with E-state index in [4.69, 9.17) is 14.2 Å². The molecule has 1 aliphatic rings. The summed E-state index contributed by atoms with van der Waals surface area (Å²) in [6.45, 7) is 3.68. The average Bonchev–Trinajstić information content (AvgIpc) is 2.67. The number of hydrogen-bond acceptors (Lipinski definition) is 4. The number of carbonyl (C=O) groups excluding carboxylic acids is 1. The predicted molar refractivity (Wildman–Crippen MR) is 95.3 cm³/mol. The minimum absolute atomic E-state index is 0.0425. The zero-order chi connectivity index (χ0) is 17.8. The van der Waals surface area contributed by atoms with Gasteiger partial charge in [-0.2, -0.15) is 0 Å². The van der Waals surface area contributed by atoms with Crippen molar-refractivity contribution in [3.63, 3.8) is 0 Å². The van der Waals surface area contributed by atoms with E-state index in [0.717, 1.165) is 5.56 Å². The van der Waals surface area contributed by atoms with Gasteiger partial charge in [-0.3, -0.25) is 4.79 Å². The molecule has 132 valence electrons. The topological polar surface area (TPSA) is 48.0 Å². The van der Waals surface area contributed by atoms with Gasteiger partial charge in [-0.15, -0.1) is 0 Å². The molecule has 0 radical (unpaired) electrons. The van der Waals surface area contributed by atoms with E-state index in [1.165, 1.54) is 5.56 Å². The molecular formula is C20H23NO4. The van der Waals surface area contributed by atoms with Gasteiger partial charge >= 0.3 is 0 Å². The first-order chi connectivity index (χ1) is 12.1. The number of ether oxygens (including phenoxy) is 3. The molecule has 1 amide bonds. The Morgan fingerprint density at radius 3 is 2.44 bits per heavy atom. The first-order valence-corrected chi connectivity index (χ1v) is 8.32. The molecule has 0 bridgehead atoms. The standard InChI is InChI=1S/C20H23NO4/c1-14-6-4-5-7-18(14)19-13-21(8-9-25-19)20(22)15-10-16(23-2)12-17(11-15)24-3/h4-7,10-12,19H,8-9,13H2,1-3H3. The third-order valence-electron chi connectivity index (χ3n) is 4.49. The van der Waals surface area contributed by atoms with Crippen LogP contribution in [0.2, 0.25) is 0 Å². The molecule has 25 heavy (non-hydrogen) atoms. The van der Waals surface area contributed by atoms with Gasteiger partial charge in [0.2, 0.25) is 0 Å². The molecule has 5 nitrogen and oxygen atoms in total. The Balaban J connectivity index is 1.82. The molecule has 0 saturated carbocycles. The van der Waals surface area contributed by atoms with Crippen LogP contribution in [-0.4, -0.2) is 44.7 Å². The summed E-state index contributed by atoms with van der Waals surface area (Å²) >= 11 is 0. The number of nitrogens with zero attached hydrogens (tertiary/aromatic N) is 1. The monoisotopic (exact) mass is 341 g/mol. The molecule has 1 heterocycles. The third kappa shape index (κ3) is 3.77. The van der Waals surface area contributed by atoms with Gasteiger partial charge < -0.3 is 19.1 Å². The van der Waals surface area contributed by atoms with Crippen LogP contribution in [-0.2, 0) is 4.74 Å². The van der Waals surface area contributed by atoms with E-state index in [9.17, 15) is 4.79 Å². The quantitative estimate of drug-likeness (QED) is 0.857. The van der Waals surface area contributed by atoms with Gasteiger partial charge in [0.05, 0.1) is 27.4 Å². The molecule has 0 aliphatic carbocycles. The Morgan fingerprint density at radius 1 is 1.12 bits per heavy atom. The molecule has 1 unspecified atom stereocenters. The summed E-state index contributed by atoms with van der Waals surface area (Å²) in [6, 6.07) is 13.4. The van der Waals surface area contributed by atoms with Crippen LogP contribution in [0.4, 0.5) is 0 Å². The molecule has 1 aliphatic heterocycles. The number of morpholine rings is 1.